The Morgan fingerprint density at radius 1 is 1.28 bits per heavy atom. The Bertz CT molecular complexity index is 686. The molecule has 1 amide bonds. The van der Waals surface area contributed by atoms with Gasteiger partial charge in [-0.1, -0.05) is 25.8 Å². The van der Waals surface area contributed by atoms with Gasteiger partial charge < -0.3 is 15.2 Å². The summed E-state index contributed by atoms with van der Waals surface area (Å²) in [4.78, 5) is 15.6. The van der Waals surface area contributed by atoms with Crippen LogP contribution in [0.25, 0.3) is 10.4 Å². The number of nitrogens with two attached hydrogens (primary N) is 1. The van der Waals surface area contributed by atoms with E-state index in [4.69, 9.17) is 5.73 Å². The van der Waals surface area contributed by atoms with E-state index in [1.165, 1.54) is 18.5 Å². The van der Waals surface area contributed by atoms with Gasteiger partial charge in [0.2, 0.25) is 0 Å². The normalized spacial score (nSPS) is 11.4. The third-order valence-electron chi connectivity index (χ3n) is 4.65. The molecule has 25 heavy (non-hydrogen) atoms. The van der Waals surface area contributed by atoms with Crippen LogP contribution in [0.4, 0.5) is 0 Å². The summed E-state index contributed by atoms with van der Waals surface area (Å²) in [6.07, 6.45) is 5.60. The summed E-state index contributed by atoms with van der Waals surface area (Å²) in [6, 6.07) is 4.14. The SMILES string of the molecule is CCCCCc1c(-c2cccs2)c(C(N)=O)c(C)n1CCCN(C)C. The lowest BCUT2D eigenvalue weighted by molar-refractivity contribution is 0.1000. The highest BCUT2D eigenvalue weighted by Crippen LogP contribution is 2.36. The minimum absolute atomic E-state index is 0.316. The largest absolute Gasteiger partial charge is 0.366 e. The molecule has 5 heteroatoms. The van der Waals surface area contributed by atoms with Crippen molar-refractivity contribution in [1.82, 2.24) is 9.47 Å². The van der Waals surface area contributed by atoms with Crippen LogP contribution < -0.4 is 5.73 Å². The Morgan fingerprint density at radius 3 is 2.60 bits per heavy atom. The first-order valence-corrected chi connectivity index (χ1v) is 10.1. The number of nitrogens with zero attached hydrogens (tertiary/aromatic N) is 2. The van der Waals surface area contributed by atoms with Crippen molar-refractivity contribution in [2.24, 2.45) is 5.73 Å². The number of hydrogen-bond donors (Lipinski definition) is 1. The van der Waals surface area contributed by atoms with Gasteiger partial charge in [-0.05, 0) is 58.3 Å². The zero-order chi connectivity index (χ0) is 18.4. The van der Waals surface area contributed by atoms with Gasteiger partial charge in [-0.2, -0.15) is 0 Å². The maximum absolute atomic E-state index is 12.2. The molecule has 0 bridgehead atoms. The summed E-state index contributed by atoms with van der Waals surface area (Å²) in [5.74, 6) is -0.316. The van der Waals surface area contributed by atoms with E-state index in [0.717, 1.165) is 48.5 Å². The molecule has 2 heterocycles. The third kappa shape index (κ3) is 4.73. The average Bonchev–Trinajstić information content (AvgIpc) is 3.15. The number of aromatic nitrogens is 1. The molecule has 0 unspecified atom stereocenters. The number of thiophene rings is 1. The molecule has 0 saturated carbocycles. The number of hydrogen-bond acceptors (Lipinski definition) is 3. The van der Waals surface area contributed by atoms with Crippen LogP contribution >= 0.6 is 11.3 Å². The maximum atomic E-state index is 12.2. The molecule has 0 spiro atoms. The molecule has 0 saturated heterocycles. The summed E-state index contributed by atoms with van der Waals surface area (Å²) in [6.45, 7) is 6.22. The predicted octanol–water partition coefficient (Wildman–Crippen LogP) is 4.31. The van der Waals surface area contributed by atoms with Crippen LogP contribution in [-0.4, -0.2) is 36.0 Å². The Balaban J connectivity index is 2.48. The maximum Gasteiger partial charge on any atom is 0.251 e. The lowest BCUT2D eigenvalue weighted by Gasteiger charge is -2.15. The third-order valence-corrected chi connectivity index (χ3v) is 5.54. The number of primary amides is 1. The summed E-state index contributed by atoms with van der Waals surface area (Å²) in [7, 11) is 4.19. The second kappa shape index (κ2) is 9.20. The molecule has 0 aliphatic heterocycles. The second-order valence-electron chi connectivity index (χ2n) is 6.89. The first-order chi connectivity index (χ1) is 12.0. The van der Waals surface area contributed by atoms with Gasteiger partial charge in [0, 0.05) is 28.4 Å². The zero-order valence-corrected chi connectivity index (χ0v) is 16.8. The highest BCUT2D eigenvalue weighted by Gasteiger charge is 2.24. The van der Waals surface area contributed by atoms with E-state index in [1.807, 2.05) is 13.0 Å². The molecular weight excluding hydrogens is 330 g/mol. The van der Waals surface area contributed by atoms with E-state index in [1.54, 1.807) is 11.3 Å². The molecule has 0 aliphatic rings. The van der Waals surface area contributed by atoms with Gasteiger partial charge in [0.05, 0.1) is 5.56 Å². The van der Waals surface area contributed by atoms with Crippen molar-refractivity contribution in [2.75, 3.05) is 20.6 Å². The fourth-order valence-electron chi connectivity index (χ4n) is 3.44. The number of rotatable bonds is 10. The van der Waals surface area contributed by atoms with Crippen LogP contribution in [0.1, 0.15) is 54.4 Å². The number of carbonyl (C=O) groups excluding carboxylic acids is 1. The zero-order valence-electron chi connectivity index (χ0n) is 16.0. The van der Waals surface area contributed by atoms with E-state index in [2.05, 4.69) is 41.9 Å². The smallest absolute Gasteiger partial charge is 0.251 e. The molecule has 0 aromatic carbocycles. The quantitative estimate of drug-likeness (QED) is 0.641. The van der Waals surface area contributed by atoms with Crippen LogP contribution in [0.15, 0.2) is 17.5 Å². The van der Waals surface area contributed by atoms with E-state index < -0.39 is 0 Å². The average molecular weight is 362 g/mol. The lowest BCUT2D eigenvalue weighted by atomic mass is 10.0. The summed E-state index contributed by atoms with van der Waals surface area (Å²) >= 11 is 1.68. The van der Waals surface area contributed by atoms with Crippen molar-refractivity contribution in [2.45, 2.75) is 52.5 Å². The lowest BCUT2D eigenvalue weighted by Crippen LogP contribution is -2.17. The van der Waals surface area contributed by atoms with Crippen molar-refractivity contribution in [3.63, 3.8) is 0 Å². The molecule has 0 fully saturated rings. The van der Waals surface area contributed by atoms with Crippen molar-refractivity contribution in [1.29, 1.82) is 0 Å². The van der Waals surface area contributed by atoms with Gasteiger partial charge >= 0.3 is 0 Å². The summed E-state index contributed by atoms with van der Waals surface area (Å²) < 4.78 is 2.34. The fourth-order valence-corrected chi connectivity index (χ4v) is 4.23. The fraction of sp³-hybridized carbons (Fsp3) is 0.550. The molecule has 138 valence electrons. The Hall–Kier alpha value is -1.59. The number of unbranched alkanes of at least 4 members (excludes halogenated alkanes) is 2. The molecule has 0 radical (unpaired) electrons. The van der Waals surface area contributed by atoms with E-state index in [0.29, 0.717) is 5.56 Å². The van der Waals surface area contributed by atoms with E-state index in [-0.39, 0.29) is 5.91 Å². The topological polar surface area (TPSA) is 51.3 Å². The highest BCUT2D eigenvalue weighted by molar-refractivity contribution is 7.13. The molecule has 2 aromatic rings. The molecule has 2 aromatic heterocycles. The second-order valence-corrected chi connectivity index (χ2v) is 7.84. The van der Waals surface area contributed by atoms with E-state index in [9.17, 15) is 4.79 Å². The van der Waals surface area contributed by atoms with Gasteiger partial charge in [0.15, 0.2) is 0 Å². The highest BCUT2D eigenvalue weighted by atomic mass is 32.1. The number of amides is 1. The van der Waals surface area contributed by atoms with Crippen molar-refractivity contribution in [3.05, 3.63) is 34.5 Å². The minimum Gasteiger partial charge on any atom is -0.366 e. The molecule has 2 N–H and O–H groups in total. The molecule has 4 nitrogen and oxygen atoms in total. The van der Waals surface area contributed by atoms with Gasteiger partial charge in [0.1, 0.15) is 0 Å². The molecule has 0 atom stereocenters. The molecule has 2 rings (SSSR count). The van der Waals surface area contributed by atoms with Crippen molar-refractivity contribution < 1.29 is 4.79 Å². The number of carbonyl (C=O) groups is 1. The molecule has 0 aliphatic carbocycles. The van der Waals surface area contributed by atoms with Crippen LogP contribution in [-0.2, 0) is 13.0 Å². The molecular formula is C20H31N3OS. The van der Waals surface area contributed by atoms with E-state index >= 15 is 0 Å². The summed E-state index contributed by atoms with van der Waals surface area (Å²) in [5, 5.41) is 2.06. The van der Waals surface area contributed by atoms with Crippen molar-refractivity contribution in [3.8, 4) is 10.4 Å². The predicted molar refractivity (Wildman–Crippen MR) is 107 cm³/mol. The van der Waals surface area contributed by atoms with Crippen LogP contribution in [0, 0.1) is 6.92 Å². The van der Waals surface area contributed by atoms with Crippen molar-refractivity contribution >= 4 is 17.2 Å². The first kappa shape index (κ1) is 19.7. The van der Waals surface area contributed by atoms with Gasteiger partial charge in [-0.15, -0.1) is 11.3 Å². The van der Waals surface area contributed by atoms with Crippen LogP contribution in [0.3, 0.4) is 0 Å². The Labute approximate surface area is 155 Å². The first-order valence-electron chi connectivity index (χ1n) is 9.17. The standard InChI is InChI=1S/C20H31N3OS/c1-5-6-7-10-16-19(17-11-8-14-25-17)18(20(21)24)15(2)23(16)13-9-12-22(3)4/h8,11,14H,5-7,9-10,12-13H2,1-4H3,(H2,21,24). The Morgan fingerprint density at radius 2 is 2.04 bits per heavy atom. The van der Waals surface area contributed by atoms with Gasteiger partial charge in [-0.25, -0.2) is 0 Å². The monoisotopic (exact) mass is 361 g/mol. The van der Waals surface area contributed by atoms with Crippen LogP contribution in [0.2, 0.25) is 0 Å². The minimum atomic E-state index is -0.316. The van der Waals surface area contributed by atoms with Crippen LogP contribution in [0.5, 0.6) is 0 Å². The summed E-state index contributed by atoms with van der Waals surface area (Å²) in [5.41, 5.74) is 9.85. The van der Waals surface area contributed by atoms with Gasteiger partial charge in [-0.3, -0.25) is 4.79 Å². The van der Waals surface area contributed by atoms with Gasteiger partial charge in [0.25, 0.3) is 5.91 Å². The Kier molecular flexibility index (Phi) is 7.26.